The third kappa shape index (κ3) is 5.03. The van der Waals surface area contributed by atoms with E-state index in [2.05, 4.69) is 10.4 Å². The zero-order chi connectivity index (χ0) is 23.7. The van der Waals surface area contributed by atoms with E-state index in [1.165, 1.54) is 4.68 Å². The van der Waals surface area contributed by atoms with E-state index in [0.717, 1.165) is 28.1 Å². The number of hydrogen-bond acceptors (Lipinski definition) is 3. The van der Waals surface area contributed by atoms with Gasteiger partial charge in [-0.25, -0.2) is 4.68 Å². The molecule has 0 aliphatic heterocycles. The van der Waals surface area contributed by atoms with E-state index in [4.69, 9.17) is 35.4 Å². The van der Waals surface area contributed by atoms with Crippen molar-refractivity contribution in [3.05, 3.63) is 92.2 Å². The van der Waals surface area contributed by atoms with Crippen LogP contribution < -0.4 is 5.32 Å². The smallest absolute Gasteiger partial charge is 0.246 e. The van der Waals surface area contributed by atoms with Gasteiger partial charge in [0.1, 0.15) is 6.54 Å². The van der Waals surface area contributed by atoms with E-state index in [-0.39, 0.29) is 12.5 Å². The molecule has 4 aromatic rings. The Balaban J connectivity index is 1.75. The second-order valence-electron chi connectivity index (χ2n) is 7.93. The molecule has 0 aliphatic rings. The highest BCUT2D eigenvalue weighted by Gasteiger charge is 2.19. The standard InChI is InChI=1S/C25H22Cl2N4OS/c1-15-4-8-19(9-5-15)31-24(20-10-7-18(26)13-21(20)27)29-30(25(31)33)14-23(32)28-22-11-6-16(2)12-17(22)3/h4-13H,14H2,1-3H3,(H,28,32). The Labute approximate surface area is 207 Å². The summed E-state index contributed by atoms with van der Waals surface area (Å²) in [4.78, 5) is 12.9. The topological polar surface area (TPSA) is 51.9 Å². The molecule has 0 saturated carbocycles. The number of halogens is 2. The summed E-state index contributed by atoms with van der Waals surface area (Å²) in [5, 5.41) is 8.59. The Bertz CT molecular complexity index is 1410. The highest BCUT2D eigenvalue weighted by atomic mass is 35.5. The highest BCUT2D eigenvalue weighted by Crippen LogP contribution is 2.31. The lowest BCUT2D eigenvalue weighted by molar-refractivity contribution is -0.116. The van der Waals surface area contributed by atoms with Crippen LogP contribution in [-0.2, 0) is 11.3 Å². The lowest BCUT2D eigenvalue weighted by Crippen LogP contribution is -2.20. The van der Waals surface area contributed by atoms with Gasteiger partial charge < -0.3 is 5.32 Å². The number of carbonyl (C=O) groups excluding carboxylic acids is 1. The molecule has 0 fully saturated rings. The fourth-order valence-corrected chi connectivity index (χ4v) is 4.35. The molecule has 0 spiro atoms. The Morgan fingerprint density at radius 2 is 1.67 bits per heavy atom. The predicted molar refractivity (Wildman–Crippen MR) is 137 cm³/mol. The van der Waals surface area contributed by atoms with Gasteiger partial charge in [-0.1, -0.05) is 58.6 Å². The Morgan fingerprint density at radius 1 is 0.970 bits per heavy atom. The lowest BCUT2D eigenvalue weighted by Gasteiger charge is -2.09. The fraction of sp³-hybridized carbons (Fsp3) is 0.160. The van der Waals surface area contributed by atoms with E-state index >= 15 is 0 Å². The van der Waals surface area contributed by atoms with Crippen molar-refractivity contribution in [2.24, 2.45) is 0 Å². The molecule has 1 heterocycles. The highest BCUT2D eigenvalue weighted by molar-refractivity contribution is 7.71. The molecule has 1 N–H and O–H groups in total. The second kappa shape index (κ2) is 9.51. The molecular formula is C25H22Cl2N4OS. The Morgan fingerprint density at radius 3 is 2.33 bits per heavy atom. The Hall–Kier alpha value is -2.93. The maximum atomic E-state index is 12.9. The Kier molecular flexibility index (Phi) is 6.70. The average molecular weight is 497 g/mol. The van der Waals surface area contributed by atoms with Gasteiger partial charge in [-0.2, -0.15) is 5.10 Å². The predicted octanol–water partition coefficient (Wildman–Crippen LogP) is 6.94. The van der Waals surface area contributed by atoms with Gasteiger partial charge in [0, 0.05) is 22.0 Å². The molecule has 33 heavy (non-hydrogen) atoms. The molecule has 3 aromatic carbocycles. The van der Waals surface area contributed by atoms with E-state index < -0.39 is 0 Å². The van der Waals surface area contributed by atoms with Crippen LogP contribution in [0, 0.1) is 25.5 Å². The number of anilines is 1. The summed E-state index contributed by atoms with van der Waals surface area (Å²) in [6.07, 6.45) is 0. The van der Waals surface area contributed by atoms with Gasteiger partial charge >= 0.3 is 0 Å². The van der Waals surface area contributed by atoms with Crippen molar-refractivity contribution >= 4 is 47.0 Å². The summed E-state index contributed by atoms with van der Waals surface area (Å²) in [6.45, 7) is 5.95. The van der Waals surface area contributed by atoms with Crippen LogP contribution in [0.15, 0.2) is 60.7 Å². The average Bonchev–Trinajstić information content (AvgIpc) is 3.06. The summed E-state index contributed by atoms with van der Waals surface area (Å²) in [5.41, 5.74) is 5.50. The lowest BCUT2D eigenvalue weighted by atomic mass is 10.1. The van der Waals surface area contributed by atoms with Gasteiger partial charge in [-0.15, -0.1) is 0 Å². The third-order valence-electron chi connectivity index (χ3n) is 5.25. The van der Waals surface area contributed by atoms with Gasteiger partial charge in [0.25, 0.3) is 0 Å². The number of carbonyl (C=O) groups is 1. The van der Waals surface area contributed by atoms with Gasteiger partial charge in [0.2, 0.25) is 10.7 Å². The SMILES string of the molecule is Cc1ccc(-n2c(-c3ccc(Cl)cc3Cl)nn(CC(=O)Nc3ccc(C)cc3C)c2=S)cc1. The number of nitrogens with one attached hydrogen (secondary N) is 1. The molecule has 1 amide bonds. The number of amides is 1. The molecule has 4 rings (SSSR count). The first-order valence-corrected chi connectivity index (χ1v) is 11.5. The van der Waals surface area contributed by atoms with Gasteiger partial charge in [-0.05, 0) is 75.0 Å². The van der Waals surface area contributed by atoms with Crippen LogP contribution in [0.25, 0.3) is 17.1 Å². The van der Waals surface area contributed by atoms with E-state index in [1.54, 1.807) is 18.2 Å². The monoisotopic (exact) mass is 496 g/mol. The van der Waals surface area contributed by atoms with Gasteiger partial charge in [0.05, 0.1) is 5.02 Å². The number of aromatic nitrogens is 3. The number of rotatable bonds is 5. The molecule has 8 heteroatoms. The quantitative estimate of drug-likeness (QED) is 0.304. The van der Waals surface area contributed by atoms with Crippen molar-refractivity contribution in [2.75, 3.05) is 5.32 Å². The van der Waals surface area contributed by atoms with Crippen molar-refractivity contribution in [1.29, 1.82) is 0 Å². The van der Waals surface area contributed by atoms with Crippen LogP contribution in [0.2, 0.25) is 10.0 Å². The normalized spacial score (nSPS) is 10.9. The molecule has 0 atom stereocenters. The maximum Gasteiger partial charge on any atom is 0.246 e. The molecule has 0 aliphatic carbocycles. The maximum absolute atomic E-state index is 12.9. The largest absolute Gasteiger partial charge is 0.324 e. The van der Waals surface area contributed by atoms with Gasteiger partial charge in [-0.3, -0.25) is 9.36 Å². The summed E-state index contributed by atoms with van der Waals surface area (Å²) in [5.74, 6) is 0.310. The van der Waals surface area contributed by atoms with E-state index in [0.29, 0.717) is 26.2 Å². The van der Waals surface area contributed by atoms with Gasteiger partial charge in [0.15, 0.2) is 5.82 Å². The van der Waals surface area contributed by atoms with Crippen LogP contribution in [0.3, 0.4) is 0 Å². The number of hydrogen-bond donors (Lipinski definition) is 1. The van der Waals surface area contributed by atoms with Crippen molar-refractivity contribution in [1.82, 2.24) is 14.3 Å². The molecule has 0 radical (unpaired) electrons. The molecule has 0 saturated heterocycles. The zero-order valence-electron chi connectivity index (χ0n) is 18.4. The van der Waals surface area contributed by atoms with Crippen LogP contribution in [0.4, 0.5) is 5.69 Å². The third-order valence-corrected chi connectivity index (χ3v) is 6.19. The molecule has 168 valence electrons. The molecule has 1 aromatic heterocycles. The van der Waals surface area contributed by atoms with Crippen LogP contribution >= 0.6 is 35.4 Å². The first-order chi connectivity index (χ1) is 15.7. The first kappa shape index (κ1) is 23.2. The summed E-state index contributed by atoms with van der Waals surface area (Å²) < 4.78 is 3.71. The molecule has 0 unspecified atom stereocenters. The number of aryl methyl sites for hydroxylation is 3. The van der Waals surface area contributed by atoms with Crippen LogP contribution in [-0.4, -0.2) is 20.3 Å². The van der Waals surface area contributed by atoms with Crippen molar-refractivity contribution in [3.8, 4) is 17.1 Å². The first-order valence-electron chi connectivity index (χ1n) is 10.3. The summed E-state index contributed by atoms with van der Waals surface area (Å²) >= 11 is 18.3. The second-order valence-corrected chi connectivity index (χ2v) is 9.13. The molecule has 0 bridgehead atoms. The summed E-state index contributed by atoms with van der Waals surface area (Å²) in [7, 11) is 0. The van der Waals surface area contributed by atoms with E-state index in [9.17, 15) is 4.79 Å². The minimum Gasteiger partial charge on any atom is -0.324 e. The number of nitrogens with zero attached hydrogens (tertiary/aromatic N) is 3. The van der Waals surface area contributed by atoms with Crippen LogP contribution in [0.1, 0.15) is 16.7 Å². The van der Waals surface area contributed by atoms with Crippen molar-refractivity contribution < 1.29 is 4.79 Å². The minimum atomic E-state index is -0.222. The molecule has 5 nitrogen and oxygen atoms in total. The minimum absolute atomic E-state index is 0.0385. The van der Waals surface area contributed by atoms with Crippen LogP contribution in [0.5, 0.6) is 0 Å². The van der Waals surface area contributed by atoms with Crippen molar-refractivity contribution in [3.63, 3.8) is 0 Å². The fourth-order valence-electron chi connectivity index (χ4n) is 3.56. The summed E-state index contributed by atoms with van der Waals surface area (Å²) in [6, 6.07) is 19.0. The van der Waals surface area contributed by atoms with E-state index in [1.807, 2.05) is 67.8 Å². The zero-order valence-corrected chi connectivity index (χ0v) is 20.7. The molecular weight excluding hydrogens is 475 g/mol. The number of benzene rings is 3. The van der Waals surface area contributed by atoms with Crippen molar-refractivity contribution in [2.45, 2.75) is 27.3 Å².